The fourth-order valence-corrected chi connectivity index (χ4v) is 5.86. The molecule has 0 unspecified atom stereocenters. The SMILES string of the molecule is Cn1cc(S(=O)(=O)N[C@H]2CCC[C@H]3CN(S(C)(=O)=O)C[C@H]32)cn1. The molecule has 1 aliphatic heterocycles. The Morgan fingerprint density at radius 2 is 1.96 bits per heavy atom. The number of hydrogen-bond donors (Lipinski definition) is 1. The normalized spacial score (nSPS) is 29.6. The molecule has 0 radical (unpaired) electrons. The highest BCUT2D eigenvalue weighted by Crippen LogP contribution is 2.37. The molecular weight excluding hydrogens is 340 g/mol. The standard InChI is InChI=1S/C13H22N4O4S2/c1-16-8-11(6-14-16)23(20,21)15-13-5-3-4-10-7-17(9-12(10)13)22(2,18)19/h6,8,10,12-13,15H,3-5,7,9H2,1-2H3/t10-,12+,13-/m0/s1. The number of aryl methyl sites for hydroxylation is 1. The van der Waals surface area contributed by atoms with Gasteiger partial charge in [-0.2, -0.15) is 5.10 Å². The van der Waals surface area contributed by atoms with Crippen molar-refractivity contribution in [3.63, 3.8) is 0 Å². The molecule has 0 amide bonds. The Hall–Kier alpha value is -0.970. The molecule has 1 saturated carbocycles. The minimum Gasteiger partial charge on any atom is -0.274 e. The highest BCUT2D eigenvalue weighted by Gasteiger charge is 2.44. The van der Waals surface area contributed by atoms with Gasteiger partial charge in [-0.15, -0.1) is 0 Å². The third kappa shape index (κ3) is 3.44. The number of nitrogens with one attached hydrogen (secondary N) is 1. The maximum absolute atomic E-state index is 12.5. The minimum absolute atomic E-state index is 0.0323. The molecule has 1 aromatic rings. The lowest BCUT2D eigenvalue weighted by Crippen LogP contribution is -2.45. The van der Waals surface area contributed by atoms with Crippen LogP contribution in [0.15, 0.2) is 17.3 Å². The summed E-state index contributed by atoms with van der Waals surface area (Å²) in [5, 5.41) is 3.90. The zero-order chi connectivity index (χ0) is 16.8. The average Bonchev–Trinajstić information content (AvgIpc) is 3.04. The van der Waals surface area contributed by atoms with E-state index in [0.717, 1.165) is 19.3 Å². The van der Waals surface area contributed by atoms with E-state index >= 15 is 0 Å². The summed E-state index contributed by atoms with van der Waals surface area (Å²) in [6.45, 7) is 0.887. The fourth-order valence-electron chi connectivity index (χ4n) is 3.65. The van der Waals surface area contributed by atoms with Gasteiger partial charge in [0.2, 0.25) is 20.0 Å². The van der Waals surface area contributed by atoms with Crippen molar-refractivity contribution >= 4 is 20.0 Å². The Balaban J connectivity index is 1.78. The summed E-state index contributed by atoms with van der Waals surface area (Å²) >= 11 is 0. The van der Waals surface area contributed by atoms with E-state index in [1.54, 1.807) is 7.05 Å². The van der Waals surface area contributed by atoms with Crippen molar-refractivity contribution < 1.29 is 16.8 Å². The van der Waals surface area contributed by atoms with Gasteiger partial charge in [-0.05, 0) is 24.7 Å². The number of aromatic nitrogens is 2. The van der Waals surface area contributed by atoms with Gasteiger partial charge in [-0.3, -0.25) is 4.68 Å². The van der Waals surface area contributed by atoms with Crippen molar-refractivity contribution in [2.24, 2.45) is 18.9 Å². The molecule has 0 spiro atoms. The Kier molecular flexibility index (Phi) is 4.28. The molecule has 8 nitrogen and oxygen atoms in total. The van der Waals surface area contributed by atoms with Crippen LogP contribution in [0.2, 0.25) is 0 Å². The van der Waals surface area contributed by atoms with E-state index in [-0.39, 0.29) is 22.8 Å². The molecule has 1 N–H and O–H groups in total. The predicted octanol–water partition coefficient (Wildman–Crippen LogP) is -0.241. The third-order valence-corrected chi connectivity index (χ3v) is 7.51. The second-order valence-corrected chi connectivity index (χ2v) is 10.2. The van der Waals surface area contributed by atoms with E-state index < -0.39 is 20.0 Å². The molecule has 2 heterocycles. The quantitative estimate of drug-likeness (QED) is 0.796. The highest BCUT2D eigenvalue weighted by atomic mass is 32.2. The van der Waals surface area contributed by atoms with Crippen molar-refractivity contribution in [3.8, 4) is 0 Å². The second-order valence-electron chi connectivity index (χ2n) is 6.51. The van der Waals surface area contributed by atoms with Crippen LogP contribution in [0, 0.1) is 11.8 Å². The summed E-state index contributed by atoms with van der Waals surface area (Å²) in [7, 11) is -5.20. The first-order chi connectivity index (χ1) is 10.7. The van der Waals surface area contributed by atoms with Gasteiger partial charge in [0, 0.05) is 32.4 Å². The van der Waals surface area contributed by atoms with Crippen molar-refractivity contribution in [2.45, 2.75) is 30.2 Å². The van der Waals surface area contributed by atoms with Crippen LogP contribution in [0.1, 0.15) is 19.3 Å². The number of nitrogens with zero attached hydrogens (tertiary/aromatic N) is 3. The Bertz CT molecular complexity index is 787. The Morgan fingerprint density at radius 1 is 1.22 bits per heavy atom. The van der Waals surface area contributed by atoms with Crippen LogP contribution in [-0.4, -0.2) is 56.3 Å². The van der Waals surface area contributed by atoms with Crippen molar-refractivity contribution in [1.29, 1.82) is 0 Å². The van der Waals surface area contributed by atoms with Crippen LogP contribution in [0.25, 0.3) is 0 Å². The predicted molar refractivity (Wildman–Crippen MR) is 84.6 cm³/mol. The zero-order valence-electron chi connectivity index (χ0n) is 13.2. The molecule has 1 aliphatic carbocycles. The maximum atomic E-state index is 12.5. The van der Waals surface area contributed by atoms with Crippen LogP contribution in [0.5, 0.6) is 0 Å². The summed E-state index contributed by atoms with van der Waals surface area (Å²) in [5.41, 5.74) is 0. The average molecular weight is 362 g/mol. The molecule has 130 valence electrons. The first kappa shape index (κ1) is 16.9. The van der Waals surface area contributed by atoms with Gasteiger partial charge in [-0.1, -0.05) is 6.42 Å². The van der Waals surface area contributed by atoms with E-state index in [1.807, 2.05) is 0 Å². The van der Waals surface area contributed by atoms with E-state index in [0.29, 0.717) is 13.1 Å². The van der Waals surface area contributed by atoms with Gasteiger partial charge in [0.1, 0.15) is 4.90 Å². The molecule has 3 rings (SSSR count). The van der Waals surface area contributed by atoms with Gasteiger partial charge in [0.25, 0.3) is 0 Å². The number of fused-ring (bicyclic) bond motifs is 1. The summed E-state index contributed by atoms with van der Waals surface area (Å²) < 4.78 is 54.2. The van der Waals surface area contributed by atoms with Crippen LogP contribution < -0.4 is 4.72 Å². The zero-order valence-corrected chi connectivity index (χ0v) is 14.8. The minimum atomic E-state index is -3.63. The van der Waals surface area contributed by atoms with E-state index in [4.69, 9.17) is 0 Å². The van der Waals surface area contributed by atoms with Crippen molar-refractivity contribution in [1.82, 2.24) is 18.8 Å². The molecule has 1 aromatic heterocycles. The van der Waals surface area contributed by atoms with E-state index in [1.165, 1.54) is 27.6 Å². The number of hydrogen-bond acceptors (Lipinski definition) is 5. The molecular formula is C13H22N4O4S2. The van der Waals surface area contributed by atoms with E-state index in [9.17, 15) is 16.8 Å². The van der Waals surface area contributed by atoms with Gasteiger partial charge >= 0.3 is 0 Å². The van der Waals surface area contributed by atoms with Gasteiger partial charge < -0.3 is 0 Å². The maximum Gasteiger partial charge on any atom is 0.243 e. The third-order valence-electron chi connectivity index (χ3n) is 4.83. The van der Waals surface area contributed by atoms with Gasteiger partial charge in [0.05, 0.1) is 12.5 Å². The molecule has 2 aliphatic rings. The van der Waals surface area contributed by atoms with Crippen LogP contribution in [0.4, 0.5) is 0 Å². The summed E-state index contributed by atoms with van der Waals surface area (Å²) in [6.07, 6.45) is 6.57. The number of sulfonamides is 2. The molecule has 2 fully saturated rings. The Labute approximate surface area is 137 Å². The molecule has 10 heteroatoms. The van der Waals surface area contributed by atoms with Gasteiger partial charge in [0.15, 0.2) is 0 Å². The lowest BCUT2D eigenvalue weighted by Gasteiger charge is -2.33. The molecule has 23 heavy (non-hydrogen) atoms. The molecule has 0 aromatic carbocycles. The highest BCUT2D eigenvalue weighted by molar-refractivity contribution is 7.89. The summed E-state index contributed by atoms with van der Waals surface area (Å²) in [6, 6.07) is -0.231. The van der Waals surface area contributed by atoms with Gasteiger partial charge in [-0.25, -0.2) is 25.9 Å². The van der Waals surface area contributed by atoms with Crippen LogP contribution >= 0.6 is 0 Å². The number of rotatable bonds is 4. The van der Waals surface area contributed by atoms with Crippen molar-refractivity contribution in [3.05, 3.63) is 12.4 Å². The van der Waals surface area contributed by atoms with Crippen LogP contribution in [0.3, 0.4) is 0 Å². The first-order valence-corrected chi connectivity index (χ1v) is 11.0. The largest absolute Gasteiger partial charge is 0.274 e. The molecule has 0 bridgehead atoms. The monoisotopic (exact) mass is 362 g/mol. The van der Waals surface area contributed by atoms with E-state index in [2.05, 4.69) is 9.82 Å². The van der Waals surface area contributed by atoms with Crippen molar-refractivity contribution in [2.75, 3.05) is 19.3 Å². The lowest BCUT2D eigenvalue weighted by molar-refractivity contribution is 0.245. The summed E-state index contributed by atoms with van der Waals surface area (Å²) in [4.78, 5) is 0.139. The smallest absolute Gasteiger partial charge is 0.243 e. The Morgan fingerprint density at radius 3 is 2.57 bits per heavy atom. The summed E-state index contributed by atoms with van der Waals surface area (Å²) in [5.74, 6) is 0.255. The topological polar surface area (TPSA) is 101 Å². The second kappa shape index (κ2) is 5.83. The lowest BCUT2D eigenvalue weighted by atomic mass is 9.78. The molecule has 3 atom stereocenters. The van der Waals surface area contributed by atoms with Crippen LogP contribution in [-0.2, 0) is 27.1 Å². The fraction of sp³-hybridized carbons (Fsp3) is 0.769. The molecule has 1 saturated heterocycles. The first-order valence-electron chi connectivity index (χ1n) is 7.63.